The van der Waals surface area contributed by atoms with Gasteiger partial charge >= 0.3 is 5.97 Å². The Balaban J connectivity index is 2.49. The Morgan fingerprint density at radius 2 is 2.08 bits per heavy atom. The second kappa shape index (κ2) is 10.9. The zero-order chi connectivity index (χ0) is 18.7. The fourth-order valence-corrected chi connectivity index (χ4v) is 1.84. The number of halogens is 1. The summed E-state index contributed by atoms with van der Waals surface area (Å²) in [5.41, 5.74) is -0.152. The molecular weight excluding hydrogens is 331 g/mol. The molecule has 1 rings (SSSR count). The van der Waals surface area contributed by atoms with E-state index >= 15 is 0 Å². The Morgan fingerprint density at radius 1 is 1.36 bits per heavy atom. The van der Waals surface area contributed by atoms with Gasteiger partial charge in [0, 0.05) is 33.0 Å². The molecular formula is C17H21FN2O5. The number of amides is 2. The fraction of sp³-hybridized carbons (Fsp3) is 0.353. The molecule has 0 heterocycles. The van der Waals surface area contributed by atoms with Gasteiger partial charge in [-0.3, -0.25) is 9.59 Å². The van der Waals surface area contributed by atoms with Crippen LogP contribution in [0, 0.1) is 5.82 Å². The molecule has 0 saturated heterocycles. The molecule has 1 N–H and O–H groups in total. The number of hydrogen-bond acceptors (Lipinski definition) is 5. The van der Waals surface area contributed by atoms with Crippen molar-refractivity contribution in [3.63, 3.8) is 0 Å². The van der Waals surface area contributed by atoms with E-state index in [-0.39, 0.29) is 24.6 Å². The van der Waals surface area contributed by atoms with Crippen LogP contribution < -0.4 is 5.32 Å². The highest BCUT2D eigenvalue weighted by atomic mass is 19.1. The molecule has 0 fully saturated rings. The van der Waals surface area contributed by atoms with Gasteiger partial charge in [-0.25, -0.2) is 9.18 Å². The van der Waals surface area contributed by atoms with Crippen LogP contribution in [0.15, 0.2) is 36.5 Å². The average molecular weight is 352 g/mol. The number of carbonyl (C=O) groups excluding carboxylic acids is 3. The van der Waals surface area contributed by atoms with Gasteiger partial charge in [0.15, 0.2) is 0 Å². The molecule has 0 aliphatic rings. The highest BCUT2D eigenvalue weighted by Gasteiger charge is 2.16. The lowest BCUT2D eigenvalue weighted by molar-refractivity contribution is -0.116. The molecule has 2 amide bonds. The van der Waals surface area contributed by atoms with Crippen molar-refractivity contribution in [2.45, 2.75) is 12.5 Å². The first-order chi connectivity index (χ1) is 12.0. The molecule has 0 saturated carbocycles. The Bertz CT molecular complexity index is 621. The minimum absolute atomic E-state index is 0.0878. The van der Waals surface area contributed by atoms with E-state index in [0.29, 0.717) is 12.8 Å². The lowest BCUT2D eigenvalue weighted by Gasteiger charge is -2.18. The van der Waals surface area contributed by atoms with Gasteiger partial charge in [-0.2, -0.15) is 0 Å². The number of carbonyl (C=O) groups is 3. The summed E-state index contributed by atoms with van der Waals surface area (Å²) >= 11 is 0. The first-order valence-corrected chi connectivity index (χ1v) is 7.57. The van der Waals surface area contributed by atoms with E-state index in [4.69, 9.17) is 9.47 Å². The second-order valence-corrected chi connectivity index (χ2v) is 5.00. The van der Waals surface area contributed by atoms with E-state index in [0.717, 1.165) is 0 Å². The molecule has 1 atom stereocenters. The average Bonchev–Trinajstić information content (AvgIpc) is 2.63. The van der Waals surface area contributed by atoms with E-state index in [1.165, 1.54) is 55.6 Å². The third-order valence-electron chi connectivity index (χ3n) is 3.34. The third kappa shape index (κ3) is 7.13. The summed E-state index contributed by atoms with van der Waals surface area (Å²) in [4.78, 5) is 35.2. The molecule has 0 bridgehead atoms. The maximum Gasteiger partial charge on any atom is 0.341 e. The summed E-state index contributed by atoms with van der Waals surface area (Å²) in [6, 6.07) is 5.51. The minimum atomic E-state index is -0.785. The number of likely N-dealkylation sites (N-methyl/N-ethyl adjacent to an activating group) is 1. The van der Waals surface area contributed by atoms with Crippen molar-refractivity contribution in [3.8, 4) is 0 Å². The number of esters is 1. The predicted molar refractivity (Wildman–Crippen MR) is 88.1 cm³/mol. The van der Waals surface area contributed by atoms with Crippen molar-refractivity contribution in [1.82, 2.24) is 10.2 Å². The minimum Gasteiger partial charge on any atom is -0.459 e. The molecule has 0 aliphatic carbocycles. The first-order valence-electron chi connectivity index (χ1n) is 7.57. The van der Waals surface area contributed by atoms with Crippen molar-refractivity contribution in [1.29, 1.82) is 0 Å². The quantitative estimate of drug-likeness (QED) is 0.387. The van der Waals surface area contributed by atoms with Crippen molar-refractivity contribution < 1.29 is 28.2 Å². The zero-order valence-electron chi connectivity index (χ0n) is 14.1. The van der Waals surface area contributed by atoms with Gasteiger partial charge in [0.05, 0.1) is 11.7 Å². The van der Waals surface area contributed by atoms with E-state index in [9.17, 15) is 18.8 Å². The third-order valence-corrected chi connectivity index (χ3v) is 3.34. The predicted octanol–water partition coefficient (Wildman–Crippen LogP) is 1.11. The normalized spacial score (nSPS) is 11.8. The molecule has 7 nitrogen and oxygen atoms in total. The smallest absolute Gasteiger partial charge is 0.341 e. The molecule has 0 aromatic heterocycles. The molecule has 1 aromatic rings. The van der Waals surface area contributed by atoms with Crippen LogP contribution in [0.1, 0.15) is 16.8 Å². The first kappa shape index (κ1) is 20.3. The van der Waals surface area contributed by atoms with Gasteiger partial charge in [-0.15, -0.1) is 0 Å². The zero-order valence-corrected chi connectivity index (χ0v) is 14.1. The molecule has 0 spiro atoms. The number of benzene rings is 1. The summed E-state index contributed by atoms with van der Waals surface area (Å²) < 4.78 is 23.7. The molecule has 0 aliphatic heterocycles. The van der Waals surface area contributed by atoms with Gasteiger partial charge in [0.2, 0.25) is 12.3 Å². The number of rotatable bonds is 10. The number of nitrogens with one attached hydrogen (secondary N) is 1. The van der Waals surface area contributed by atoms with E-state index in [1.807, 2.05) is 0 Å². The number of hydrogen-bond donors (Lipinski definition) is 1. The van der Waals surface area contributed by atoms with E-state index < -0.39 is 17.9 Å². The van der Waals surface area contributed by atoms with Crippen LogP contribution in [0.25, 0.3) is 0 Å². The summed E-state index contributed by atoms with van der Waals surface area (Å²) in [6.07, 6.45) is 3.00. The Morgan fingerprint density at radius 3 is 2.68 bits per heavy atom. The Labute approximate surface area is 145 Å². The van der Waals surface area contributed by atoms with Crippen LogP contribution in [-0.2, 0) is 19.1 Å². The number of methoxy groups -OCH3 is 1. The van der Waals surface area contributed by atoms with E-state index in [1.54, 1.807) is 0 Å². The van der Waals surface area contributed by atoms with Crippen LogP contribution in [0.3, 0.4) is 0 Å². The number of ether oxygens (including phenoxy) is 2. The van der Waals surface area contributed by atoms with Gasteiger partial charge in [0.25, 0.3) is 0 Å². The van der Waals surface area contributed by atoms with Crippen LogP contribution >= 0.6 is 0 Å². The fourth-order valence-electron chi connectivity index (χ4n) is 1.84. The van der Waals surface area contributed by atoms with Crippen LogP contribution in [0.2, 0.25) is 0 Å². The summed E-state index contributed by atoms with van der Waals surface area (Å²) in [5.74, 6) is -1.78. The monoisotopic (exact) mass is 352 g/mol. The van der Waals surface area contributed by atoms with Crippen LogP contribution in [0.5, 0.6) is 0 Å². The Kier molecular flexibility index (Phi) is 8.87. The number of nitrogens with zero attached hydrogens (tertiary/aromatic N) is 1. The standard InChI is InChI=1S/C17H21FN2O5/c1-19-16(22)8-10-20(12-21)9-7-13(24-2)11-25-17(23)14-5-3-4-6-15(14)18/h3-6,8,10,12-13H,7,9,11H2,1-2H3,(H,19,22)/b10-8-. The van der Waals surface area contributed by atoms with E-state index in [2.05, 4.69) is 5.32 Å². The second-order valence-electron chi connectivity index (χ2n) is 5.00. The van der Waals surface area contributed by atoms with Gasteiger partial charge in [-0.1, -0.05) is 12.1 Å². The van der Waals surface area contributed by atoms with Gasteiger partial charge in [0.1, 0.15) is 12.4 Å². The molecule has 1 aromatic carbocycles. The maximum atomic E-state index is 13.5. The van der Waals surface area contributed by atoms with Crippen molar-refractivity contribution in [2.24, 2.45) is 0 Å². The summed E-state index contributed by atoms with van der Waals surface area (Å²) in [6.45, 7) is 0.169. The molecule has 136 valence electrons. The molecule has 0 radical (unpaired) electrons. The van der Waals surface area contributed by atoms with Crippen LogP contribution in [0.4, 0.5) is 4.39 Å². The Hall–Kier alpha value is -2.74. The largest absolute Gasteiger partial charge is 0.459 e. The van der Waals surface area contributed by atoms with Crippen molar-refractivity contribution in [2.75, 3.05) is 27.3 Å². The summed E-state index contributed by atoms with van der Waals surface area (Å²) in [7, 11) is 2.91. The summed E-state index contributed by atoms with van der Waals surface area (Å²) in [5, 5.41) is 2.39. The van der Waals surface area contributed by atoms with Crippen molar-refractivity contribution in [3.05, 3.63) is 47.9 Å². The lowest BCUT2D eigenvalue weighted by atomic mass is 10.2. The molecule has 25 heavy (non-hydrogen) atoms. The lowest BCUT2D eigenvalue weighted by Crippen LogP contribution is -2.27. The highest BCUT2D eigenvalue weighted by molar-refractivity contribution is 5.89. The highest BCUT2D eigenvalue weighted by Crippen LogP contribution is 2.09. The SMILES string of the molecule is CNC(=O)/C=C\N(C=O)CCC(COC(=O)c1ccccc1F)OC. The molecule has 8 heteroatoms. The maximum absolute atomic E-state index is 13.5. The van der Waals surface area contributed by atoms with Crippen LogP contribution in [-0.4, -0.2) is 56.6 Å². The van der Waals surface area contributed by atoms with Gasteiger partial charge < -0.3 is 19.7 Å². The topological polar surface area (TPSA) is 84.9 Å². The molecule has 1 unspecified atom stereocenters. The van der Waals surface area contributed by atoms with Gasteiger partial charge in [-0.05, 0) is 18.6 Å². The van der Waals surface area contributed by atoms with Crippen molar-refractivity contribution >= 4 is 18.3 Å².